The maximum Gasteiger partial charge on any atom is 0.251 e. The summed E-state index contributed by atoms with van der Waals surface area (Å²) in [6.07, 6.45) is 2.18. The van der Waals surface area contributed by atoms with E-state index in [1.165, 1.54) is 0 Å². The minimum Gasteiger partial charge on any atom is -0.348 e. The van der Waals surface area contributed by atoms with Crippen LogP contribution in [0.2, 0.25) is 5.02 Å². The van der Waals surface area contributed by atoms with Gasteiger partial charge in [0.1, 0.15) is 0 Å². The molecule has 98 valence electrons. The van der Waals surface area contributed by atoms with Crippen molar-refractivity contribution in [1.29, 1.82) is 0 Å². The molecule has 0 aliphatic carbocycles. The zero-order valence-corrected chi connectivity index (χ0v) is 12.6. The quantitative estimate of drug-likeness (QED) is 0.904. The molecule has 1 heterocycles. The molecule has 1 unspecified atom stereocenters. The molecule has 1 amide bonds. The second kappa shape index (κ2) is 6.04. The Labute approximate surface area is 121 Å². The summed E-state index contributed by atoms with van der Waals surface area (Å²) < 4.78 is 0.748. The van der Waals surface area contributed by atoms with E-state index in [1.807, 2.05) is 0 Å². The van der Waals surface area contributed by atoms with Gasteiger partial charge in [0.2, 0.25) is 0 Å². The highest BCUT2D eigenvalue weighted by molar-refractivity contribution is 9.10. The molecule has 0 bridgehead atoms. The van der Waals surface area contributed by atoms with Crippen molar-refractivity contribution in [2.75, 3.05) is 20.1 Å². The van der Waals surface area contributed by atoms with E-state index < -0.39 is 0 Å². The molecular formula is C13H16BrClN2O. The van der Waals surface area contributed by atoms with E-state index in [2.05, 4.69) is 33.2 Å². The molecule has 1 aliphatic rings. The number of amides is 1. The Kier molecular flexibility index (Phi) is 4.65. The normalized spacial score (nSPS) is 20.7. The summed E-state index contributed by atoms with van der Waals surface area (Å²) in [6, 6.07) is 5.47. The first-order chi connectivity index (χ1) is 8.56. The van der Waals surface area contributed by atoms with Gasteiger partial charge >= 0.3 is 0 Å². The monoisotopic (exact) mass is 330 g/mol. The van der Waals surface area contributed by atoms with E-state index in [4.69, 9.17) is 11.6 Å². The number of likely N-dealkylation sites (N-methyl/N-ethyl adjacent to an activating group) is 1. The van der Waals surface area contributed by atoms with Gasteiger partial charge in [-0.1, -0.05) is 11.6 Å². The van der Waals surface area contributed by atoms with Gasteiger partial charge in [0, 0.05) is 22.6 Å². The summed E-state index contributed by atoms with van der Waals surface area (Å²) in [4.78, 5) is 14.3. The van der Waals surface area contributed by atoms with Crippen LogP contribution in [0.3, 0.4) is 0 Å². The molecule has 5 heteroatoms. The van der Waals surface area contributed by atoms with Crippen LogP contribution in [-0.2, 0) is 0 Å². The fraction of sp³-hybridized carbons (Fsp3) is 0.462. The number of rotatable bonds is 2. The van der Waals surface area contributed by atoms with Gasteiger partial charge in [-0.3, -0.25) is 4.79 Å². The largest absolute Gasteiger partial charge is 0.348 e. The van der Waals surface area contributed by atoms with Crippen molar-refractivity contribution >= 4 is 33.4 Å². The van der Waals surface area contributed by atoms with Crippen LogP contribution in [0.1, 0.15) is 23.2 Å². The Morgan fingerprint density at radius 2 is 2.33 bits per heavy atom. The third-order valence-electron chi connectivity index (χ3n) is 3.14. The molecule has 1 aliphatic heterocycles. The van der Waals surface area contributed by atoms with Crippen LogP contribution in [0.5, 0.6) is 0 Å². The molecule has 1 saturated heterocycles. The van der Waals surface area contributed by atoms with Gasteiger partial charge in [-0.15, -0.1) is 0 Å². The first kappa shape index (κ1) is 13.8. The Bertz CT molecular complexity index is 453. The molecule has 1 fully saturated rings. The summed E-state index contributed by atoms with van der Waals surface area (Å²) in [5.74, 6) is -0.0346. The van der Waals surface area contributed by atoms with Crippen molar-refractivity contribution < 1.29 is 4.79 Å². The number of halogens is 2. The molecule has 1 aromatic carbocycles. The molecule has 18 heavy (non-hydrogen) atoms. The summed E-state index contributed by atoms with van der Waals surface area (Å²) >= 11 is 9.24. The Hall–Kier alpha value is -0.580. The zero-order chi connectivity index (χ0) is 13.1. The fourth-order valence-corrected chi connectivity index (χ4v) is 2.69. The van der Waals surface area contributed by atoms with Crippen molar-refractivity contribution in [2.24, 2.45) is 0 Å². The van der Waals surface area contributed by atoms with Crippen LogP contribution in [0.4, 0.5) is 0 Å². The lowest BCUT2D eigenvalue weighted by atomic mass is 10.1. The zero-order valence-electron chi connectivity index (χ0n) is 10.2. The highest BCUT2D eigenvalue weighted by Crippen LogP contribution is 2.23. The van der Waals surface area contributed by atoms with Crippen LogP contribution >= 0.6 is 27.5 Å². The number of hydrogen-bond donors (Lipinski definition) is 1. The number of nitrogens with zero attached hydrogens (tertiary/aromatic N) is 1. The molecule has 0 spiro atoms. The SMILES string of the molecule is CN1CCCC(NC(=O)c2ccc(Cl)c(Br)c2)C1. The van der Waals surface area contributed by atoms with Crippen molar-refractivity contribution in [1.82, 2.24) is 10.2 Å². The lowest BCUT2D eigenvalue weighted by Crippen LogP contribution is -2.46. The summed E-state index contributed by atoms with van der Waals surface area (Å²) in [7, 11) is 2.08. The second-order valence-corrected chi connectivity index (χ2v) is 5.97. The Morgan fingerprint density at radius 1 is 1.56 bits per heavy atom. The Morgan fingerprint density at radius 3 is 3.00 bits per heavy atom. The maximum atomic E-state index is 12.1. The maximum absolute atomic E-state index is 12.1. The predicted molar refractivity (Wildman–Crippen MR) is 77.1 cm³/mol. The van der Waals surface area contributed by atoms with Gasteiger partial charge in [0.05, 0.1) is 5.02 Å². The van der Waals surface area contributed by atoms with Crippen LogP contribution in [0.25, 0.3) is 0 Å². The van der Waals surface area contributed by atoms with Crippen LogP contribution < -0.4 is 5.32 Å². The topological polar surface area (TPSA) is 32.3 Å². The minimum absolute atomic E-state index is 0.0346. The van der Waals surface area contributed by atoms with Gasteiger partial charge in [0.15, 0.2) is 0 Å². The first-order valence-corrected chi connectivity index (χ1v) is 7.18. The number of carbonyl (C=O) groups is 1. The van der Waals surface area contributed by atoms with E-state index in [9.17, 15) is 4.79 Å². The number of likely N-dealkylation sites (tertiary alicyclic amines) is 1. The third-order valence-corrected chi connectivity index (χ3v) is 4.36. The van der Waals surface area contributed by atoms with Crippen molar-refractivity contribution in [2.45, 2.75) is 18.9 Å². The molecule has 0 radical (unpaired) electrons. The van der Waals surface area contributed by atoms with Gasteiger partial charge < -0.3 is 10.2 Å². The molecule has 1 atom stereocenters. The Balaban J connectivity index is 2.00. The highest BCUT2D eigenvalue weighted by atomic mass is 79.9. The number of hydrogen-bond acceptors (Lipinski definition) is 2. The van der Waals surface area contributed by atoms with E-state index in [-0.39, 0.29) is 11.9 Å². The molecule has 0 saturated carbocycles. The average molecular weight is 332 g/mol. The van der Waals surface area contributed by atoms with E-state index in [1.54, 1.807) is 18.2 Å². The molecule has 3 nitrogen and oxygen atoms in total. The van der Waals surface area contributed by atoms with Gasteiger partial charge in [0.25, 0.3) is 5.91 Å². The predicted octanol–water partition coefficient (Wildman–Crippen LogP) is 2.93. The fourth-order valence-electron chi connectivity index (χ4n) is 2.19. The summed E-state index contributed by atoms with van der Waals surface area (Å²) in [6.45, 7) is 2.03. The first-order valence-electron chi connectivity index (χ1n) is 6.00. The van der Waals surface area contributed by atoms with Crippen molar-refractivity contribution in [3.63, 3.8) is 0 Å². The molecular weight excluding hydrogens is 316 g/mol. The minimum atomic E-state index is -0.0346. The van der Waals surface area contributed by atoms with Gasteiger partial charge in [-0.05, 0) is 60.6 Å². The van der Waals surface area contributed by atoms with Gasteiger partial charge in [-0.2, -0.15) is 0 Å². The summed E-state index contributed by atoms with van der Waals surface area (Å²) in [5, 5.41) is 3.68. The highest BCUT2D eigenvalue weighted by Gasteiger charge is 2.19. The lowest BCUT2D eigenvalue weighted by Gasteiger charge is -2.30. The number of benzene rings is 1. The smallest absolute Gasteiger partial charge is 0.251 e. The van der Waals surface area contributed by atoms with Crippen LogP contribution in [0.15, 0.2) is 22.7 Å². The lowest BCUT2D eigenvalue weighted by molar-refractivity contribution is 0.0912. The molecule has 1 aromatic rings. The number of carbonyl (C=O) groups excluding carboxylic acids is 1. The van der Waals surface area contributed by atoms with Crippen LogP contribution in [-0.4, -0.2) is 37.0 Å². The summed E-state index contributed by atoms with van der Waals surface area (Å²) in [5.41, 5.74) is 0.638. The number of piperidine rings is 1. The number of nitrogens with one attached hydrogen (secondary N) is 1. The molecule has 0 aromatic heterocycles. The molecule has 2 rings (SSSR count). The van der Waals surface area contributed by atoms with E-state index >= 15 is 0 Å². The molecule has 1 N–H and O–H groups in total. The third kappa shape index (κ3) is 3.46. The standard InChI is InChI=1S/C13H16BrClN2O/c1-17-6-2-3-10(8-17)16-13(18)9-4-5-12(15)11(14)7-9/h4-5,7,10H,2-3,6,8H2,1H3,(H,16,18). The van der Waals surface area contributed by atoms with Gasteiger partial charge in [-0.25, -0.2) is 0 Å². The average Bonchev–Trinajstić information content (AvgIpc) is 2.32. The van der Waals surface area contributed by atoms with E-state index in [0.29, 0.717) is 10.6 Å². The van der Waals surface area contributed by atoms with Crippen molar-refractivity contribution in [3.05, 3.63) is 33.3 Å². The van der Waals surface area contributed by atoms with E-state index in [0.717, 1.165) is 30.4 Å². The van der Waals surface area contributed by atoms with Crippen molar-refractivity contribution in [3.8, 4) is 0 Å². The second-order valence-electron chi connectivity index (χ2n) is 4.70. The van der Waals surface area contributed by atoms with Crippen LogP contribution in [0, 0.1) is 0 Å².